The summed E-state index contributed by atoms with van der Waals surface area (Å²) in [4.78, 5) is 4.63. The molecule has 298 valence electrons. The minimum Gasteiger partial charge on any atom is -0.314 e. The van der Waals surface area contributed by atoms with Crippen molar-refractivity contribution in [2.24, 2.45) is 0 Å². The highest BCUT2D eigenvalue weighted by atomic mass is 32.1. The molecule has 0 spiro atoms. The van der Waals surface area contributed by atoms with Gasteiger partial charge >= 0.3 is 0 Å². The summed E-state index contributed by atoms with van der Waals surface area (Å²) in [6.07, 6.45) is 6.58. The Kier molecular flexibility index (Phi) is 9.93. The normalized spacial score (nSPS) is 13.8. The zero-order valence-corrected chi connectivity index (χ0v) is 35.4. The average molecular weight is 823 g/mol. The number of thiophene rings is 1. The Balaban J connectivity index is 1.03. The number of allylic oxidation sites excluding steroid dienone is 3. The van der Waals surface area contributed by atoms with Crippen LogP contribution in [-0.4, -0.2) is 0 Å². The topological polar surface area (TPSA) is 6.48 Å². The van der Waals surface area contributed by atoms with Gasteiger partial charge in [-0.3, -0.25) is 0 Å². The summed E-state index contributed by atoms with van der Waals surface area (Å²) < 4.78 is 2.63. The highest BCUT2D eigenvalue weighted by Gasteiger charge is 2.22. The molecule has 0 radical (unpaired) electrons. The number of anilines is 4. The highest BCUT2D eigenvalue weighted by Crippen LogP contribution is 2.45. The summed E-state index contributed by atoms with van der Waals surface area (Å²) in [6.45, 7) is 4.54. The lowest BCUT2D eigenvalue weighted by atomic mass is 9.89. The largest absolute Gasteiger partial charge is 0.314 e. The summed E-state index contributed by atoms with van der Waals surface area (Å²) in [6, 6.07) is 80.7. The lowest BCUT2D eigenvalue weighted by molar-refractivity contribution is 1.15. The molecule has 0 unspecified atom stereocenters. The highest BCUT2D eigenvalue weighted by molar-refractivity contribution is 7.26. The van der Waals surface area contributed by atoms with E-state index in [1.54, 1.807) is 0 Å². The van der Waals surface area contributed by atoms with Crippen molar-refractivity contribution in [2.45, 2.75) is 0 Å². The third-order valence-electron chi connectivity index (χ3n) is 12.0. The number of hydrogen-bond donors (Lipinski definition) is 0. The molecule has 10 aromatic rings. The van der Waals surface area contributed by atoms with E-state index in [4.69, 9.17) is 0 Å². The molecule has 0 saturated heterocycles. The van der Waals surface area contributed by atoms with E-state index in [0.29, 0.717) is 0 Å². The Labute approximate surface area is 372 Å². The molecule has 1 aliphatic rings. The second kappa shape index (κ2) is 16.5. The van der Waals surface area contributed by atoms with Gasteiger partial charge < -0.3 is 9.80 Å². The Morgan fingerprint density at radius 3 is 1.60 bits per heavy atom. The lowest BCUT2D eigenvalue weighted by Crippen LogP contribution is -2.21. The van der Waals surface area contributed by atoms with Gasteiger partial charge in [-0.25, -0.2) is 0 Å². The summed E-state index contributed by atoms with van der Waals surface area (Å²) in [5.74, 6) is 0. The van der Waals surface area contributed by atoms with Crippen LogP contribution in [0.1, 0.15) is 5.56 Å². The minimum atomic E-state index is 0.951. The fourth-order valence-corrected chi connectivity index (χ4v) is 10.2. The first-order valence-electron chi connectivity index (χ1n) is 21.4. The van der Waals surface area contributed by atoms with E-state index >= 15 is 0 Å². The molecular weight excluding hydrogens is 781 g/mol. The van der Waals surface area contributed by atoms with Crippen LogP contribution in [0, 0.1) is 0 Å². The lowest BCUT2D eigenvalue weighted by Gasteiger charge is -2.32. The van der Waals surface area contributed by atoms with Gasteiger partial charge in [0.1, 0.15) is 0 Å². The van der Waals surface area contributed by atoms with Crippen molar-refractivity contribution in [3.05, 3.63) is 261 Å². The minimum absolute atomic E-state index is 0.951. The second-order valence-corrected chi connectivity index (χ2v) is 16.9. The molecule has 0 saturated carbocycles. The van der Waals surface area contributed by atoms with Gasteiger partial charge in [0.05, 0.1) is 11.4 Å². The Hall–Kier alpha value is -7.98. The van der Waals surface area contributed by atoms with Crippen molar-refractivity contribution in [3.63, 3.8) is 0 Å². The fraction of sp³-hybridized carbons (Fsp3) is 0. The van der Waals surface area contributed by atoms with Gasteiger partial charge in [0.2, 0.25) is 0 Å². The Morgan fingerprint density at radius 2 is 0.889 bits per heavy atom. The third kappa shape index (κ3) is 7.15. The zero-order chi connectivity index (χ0) is 42.1. The van der Waals surface area contributed by atoms with Crippen LogP contribution in [0.3, 0.4) is 0 Å². The molecule has 1 aliphatic heterocycles. The van der Waals surface area contributed by atoms with Gasteiger partial charge in [0, 0.05) is 54.6 Å². The predicted octanol–water partition coefficient (Wildman–Crippen LogP) is 17.1. The van der Waals surface area contributed by atoms with E-state index in [0.717, 1.165) is 45.1 Å². The van der Waals surface area contributed by atoms with Gasteiger partial charge in [0.25, 0.3) is 0 Å². The Morgan fingerprint density at radius 1 is 0.381 bits per heavy atom. The molecule has 0 fully saturated rings. The van der Waals surface area contributed by atoms with E-state index in [1.807, 2.05) is 11.3 Å². The van der Waals surface area contributed by atoms with Crippen LogP contribution < -0.4 is 9.80 Å². The molecule has 11 rings (SSSR count). The van der Waals surface area contributed by atoms with Gasteiger partial charge in [-0.15, -0.1) is 11.3 Å². The van der Waals surface area contributed by atoms with Gasteiger partial charge in [-0.2, -0.15) is 0 Å². The maximum atomic E-state index is 4.54. The van der Waals surface area contributed by atoms with Crippen molar-refractivity contribution >= 4 is 59.8 Å². The number of para-hydroxylation sites is 2. The summed E-state index contributed by atoms with van der Waals surface area (Å²) in [7, 11) is 0. The maximum absolute atomic E-state index is 4.54. The average Bonchev–Trinajstić information content (AvgIpc) is 3.74. The van der Waals surface area contributed by atoms with Crippen molar-refractivity contribution in [1.82, 2.24) is 0 Å². The summed E-state index contributed by atoms with van der Waals surface area (Å²) >= 11 is 1.88. The quantitative estimate of drug-likeness (QED) is 0.151. The van der Waals surface area contributed by atoms with Crippen LogP contribution in [0.2, 0.25) is 0 Å². The molecule has 2 nitrogen and oxygen atoms in total. The van der Waals surface area contributed by atoms with Crippen LogP contribution in [0.4, 0.5) is 22.7 Å². The number of benzene rings is 9. The molecule has 0 amide bonds. The van der Waals surface area contributed by atoms with Crippen LogP contribution in [0.15, 0.2) is 255 Å². The first-order valence-corrected chi connectivity index (χ1v) is 22.2. The second-order valence-electron chi connectivity index (χ2n) is 15.8. The maximum Gasteiger partial charge on any atom is 0.0628 e. The molecule has 9 aromatic carbocycles. The number of fused-ring (bicyclic) bond motifs is 4. The van der Waals surface area contributed by atoms with E-state index in [9.17, 15) is 0 Å². The van der Waals surface area contributed by atoms with E-state index in [2.05, 4.69) is 259 Å². The SMILES string of the molecule is C=C1/C=C\C(N(c2ccc(-c3ccccc3)cc2)c2ccc(-c3ccccc3-c3ccccc3-c3cccc4c3sc3ccccc34)cc2)=C/N(c2ccccc2)c2ccccc21. The first-order chi connectivity index (χ1) is 31.2. The van der Waals surface area contributed by atoms with Crippen LogP contribution >= 0.6 is 11.3 Å². The van der Waals surface area contributed by atoms with Gasteiger partial charge in [-0.1, -0.05) is 189 Å². The predicted molar refractivity (Wildman–Crippen MR) is 271 cm³/mol. The standard InChI is InChI=1S/C60H42N2S/c1-42-31-36-49(41-61(46-19-6-3-7-20-46)58-29-14-12-21-50(42)58)62(47-37-32-44(33-38-47)43-17-4-2-5-18-43)48-39-34-45(35-40-48)51-22-8-9-23-52(51)53-24-10-11-25-54(53)56-27-16-28-57-55-26-13-15-30-59(55)63-60(56)57/h2-41H,1H2/b36-31-,49-41+. The van der Waals surface area contributed by atoms with Gasteiger partial charge in [0.15, 0.2) is 0 Å². The Bertz CT molecular complexity index is 3340. The van der Waals surface area contributed by atoms with Crippen molar-refractivity contribution in [2.75, 3.05) is 9.80 Å². The van der Waals surface area contributed by atoms with E-state index < -0.39 is 0 Å². The molecule has 2 heterocycles. The number of rotatable bonds is 8. The molecule has 0 atom stereocenters. The molecule has 0 N–H and O–H groups in total. The van der Waals surface area contributed by atoms with Crippen molar-refractivity contribution in [1.29, 1.82) is 0 Å². The summed E-state index contributed by atoms with van der Waals surface area (Å²) in [5, 5.41) is 2.62. The fourth-order valence-electron chi connectivity index (χ4n) is 8.96. The van der Waals surface area contributed by atoms with Crippen LogP contribution in [0.25, 0.3) is 70.3 Å². The molecule has 63 heavy (non-hydrogen) atoms. The monoisotopic (exact) mass is 822 g/mol. The first kappa shape index (κ1) is 38.0. The van der Waals surface area contributed by atoms with Crippen molar-refractivity contribution in [3.8, 4) is 44.5 Å². The molecule has 3 heteroatoms. The molecule has 0 aliphatic carbocycles. The molecule has 0 bridgehead atoms. The number of nitrogens with zero attached hydrogens (tertiary/aromatic N) is 2. The smallest absolute Gasteiger partial charge is 0.0628 e. The van der Waals surface area contributed by atoms with E-state index in [1.165, 1.54) is 59.1 Å². The van der Waals surface area contributed by atoms with Crippen LogP contribution in [0.5, 0.6) is 0 Å². The van der Waals surface area contributed by atoms with Gasteiger partial charge in [-0.05, 0) is 99.1 Å². The van der Waals surface area contributed by atoms with Crippen LogP contribution in [-0.2, 0) is 0 Å². The van der Waals surface area contributed by atoms with E-state index in [-0.39, 0.29) is 0 Å². The zero-order valence-electron chi connectivity index (χ0n) is 34.6. The van der Waals surface area contributed by atoms with Crippen molar-refractivity contribution < 1.29 is 0 Å². The number of hydrogen-bond acceptors (Lipinski definition) is 3. The molecule has 1 aromatic heterocycles. The molecular formula is C60H42N2S. The summed E-state index contributed by atoms with van der Waals surface area (Å²) in [5.41, 5.74) is 16.9. The third-order valence-corrected chi connectivity index (χ3v) is 13.2.